The molecule has 0 spiro atoms. The fourth-order valence-electron chi connectivity index (χ4n) is 2.64. The lowest BCUT2D eigenvalue weighted by molar-refractivity contribution is 0.347. The Balaban J connectivity index is 1.98. The third kappa shape index (κ3) is 1.29. The van der Waals surface area contributed by atoms with Crippen molar-refractivity contribution < 1.29 is 0 Å². The molecule has 2 unspecified atom stereocenters. The predicted molar refractivity (Wildman–Crippen MR) is 59.4 cm³/mol. The van der Waals surface area contributed by atoms with Crippen LogP contribution in [0.1, 0.15) is 22.8 Å². The third-order valence-electron chi connectivity index (χ3n) is 3.28. The number of hydrogen-bond donors (Lipinski definition) is 1. The van der Waals surface area contributed by atoms with Gasteiger partial charge in [-0.1, -0.05) is 0 Å². The van der Waals surface area contributed by atoms with Gasteiger partial charge in [-0.05, 0) is 52.9 Å². The van der Waals surface area contributed by atoms with E-state index < -0.39 is 0 Å². The monoisotopic (exact) mass is 257 g/mol. The highest BCUT2D eigenvalue weighted by Crippen LogP contribution is 2.45. The summed E-state index contributed by atoms with van der Waals surface area (Å²) in [5.74, 6) is 1.75. The minimum absolute atomic E-state index is 0.811. The van der Waals surface area contributed by atoms with Gasteiger partial charge in [-0.25, -0.2) is 0 Å². The van der Waals surface area contributed by atoms with Crippen molar-refractivity contribution >= 4 is 27.3 Å². The zero-order chi connectivity index (χ0) is 8.84. The van der Waals surface area contributed by atoms with Gasteiger partial charge in [-0.3, -0.25) is 0 Å². The lowest BCUT2D eigenvalue weighted by atomic mass is 9.87. The van der Waals surface area contributed by atoms with Crippen LogP contribution in [-0.2, 0) is 6.42 Å². The summed E-state index contributed by atoms with van der Waals surface area (Å²) in [6.07, 6.45) is 2.70. The van der Waals surface area contributed by atoms with Gasteiger partial charge in [0.2, 0.25) is 0 Å². The van der Waals surface area contributed by atoms with Crippen LogP contribution >= 0.6 is 27.3 Å². The molecule has 13 heavy (non-hydrogen) atoms. The third-order valence-corrected chi connectivity index (χ3v) is 4.96. The molecule has 2 aliphatic rings. The van der Waals surface area contributed by atoms with Crippen LogP contribution in [0.3, 0.4) is 0 Å². The second-order valence-corrected chi connectivity index (χ2v) is 6.51. The van der Waals surface area contributed by atoms with E-state index in [2.05, 4.69) is 27.3 Å². The Morgan fingerprint density at radius 1 is 1.54 bits per heavy atom. The number of piperidine rings is 1. The number of thiophene rings is 1. The number of nitrogens with one attached hydrogen (secondary N) is 1. The molecule has 3 heteroatoms. The van der Waals surface area contributed by atoms with Crippen molar-refractivity contribution in [1.82, 2.24) is 5.32 Å². The molecular weight excluding hydrogens is 246 g/mol. The maximum Gasteiger partial charge on any atom is 0.0704 e. The minimum atomic E-state index is 0.811. The Hall–Kier alpha value is 0.140. The highest BCUT2D eigenvalue weighted by Gasteiger charge is 2.35. The second-order valence-electron chi connectivity index (χ2n) is 3.99. The second kappa shape index (κ2) is 3.07. The topological polar surface area (TPSA) is 12.0 Å². The summed E-state index contributed by atoms with van der Waals surface area (Å²) in [4.78, 5) is 1.63. The summed E-state index contributed by atoms with van der Waals surface area (Å²) < 4.78 is 1.31. The first-order valence-corrected chi connectivity index (χ1v) is 6.44. The van der Waals surface area contributed by atoms with E-state index in [9.17, 15) is 0 Å². The lowest BCUT2D eigenvalue weighted by Gasteiger charge is -2.26. The molecule has 0 radical (unpaired) electrons. The summed E-state index contributed by atoms with van der Waals surface area (Å²) in [5, 5.41) is 3.50. The molecule has 1 fully saturated rings. The lowest BCUT2D eigenvalue weighted by Crippen LogP contribution is -2.32. The fraction of sp³-hybridized carbons (Fsp3) is 0.600. The quantitative estimate of drug-likeness (QED) is 0.754. The van der Waals surface area contributed by atoms with Crippen LogP contribution in [-0.4, -0.2) is 13.1 Å². The molecule has 1 nitrogen and oxygen atoms in total. The molecule has 2 atom stereocenters. The molecule has 1 aliphatic carbocycles. The molecule has 1 aromatic heterocycles. The van der Waals surface area contributed by atoms with E-state index in [4.69, 9.17) is 0 Å². The van der Waals surface area contributed by atoms with Crippen LogP contribution < -0.4 is 5.32 Å². The Morgan fingerprint density at radius 2 is 2.46 bits per heavy atom. The molecule has 70 valence electrons. The van der Waals surface area contributed by atoms with Crippen LogP contribution in [0.2, 0.25) is 0 Å². The Labute approximate surface area is 90.7 Å². The summed E-state index contributed by atoms with van der Waals surface area (Å²) in [6.45, 7) is 2.41. The summed E-state index contributed by atoms with van der Waals surface area (Å²) in [6, 6.07) is 2.33. The first kappa shape index (κ1) is 8.45. The first-order chi connectivity index (χ1) is 6.34. The van der Waals surface area contributed by atoms with Gasteiger partial charge in [0, 0.05) is 17.3 Å². The maximum atomic E-state index is 3.57. The standard InChI is InChI=1S/C10H12BrNS/c11-10-4-7-8-5-12-2-1-6(8)3-9(7)13-10/h4,6,8,12H,1-3,5H2. The van der Waals surface area contributed by atoms with Crippen molar-refractivity contribution in [3.05, 3.63) is 20.3 Å². The Bertz CT molecular complexity index is 334. The van der Waals surface area contributed by atoms with Crippen LogP contribution in [0.5, 0.6) is 0 Å². The maximum absolute atomic E-state index is 3.57. The minimum Gasteiger partial charge on any atom is -0.316 e. The van der Waals surface area contributed by atoms with Crippen molar-refractivity contribution in [3.8, 4) is 0 Å². The van der Waals surface area contributed by atoms with E-state index >= 15 is 0 Å². The van der Waals surface area contributed by atoms with E-state index in [-0.39, 0.29) is 0 Å². The molecule has 0 saturated carbocycles. The average molecular weight is 258 g/mol. The molecule has 0 amide bonds. The van der Waals surface area contributed by atoms with Crippen LogP contribution in [0.4, 0.5) is 0 Å². The first-order valence-electron chi connectivity index (χ1n) is 4.83. The average Bonchev–Trinajstić information content (AvgIpc) is 2.60. The van der Waals surface area contributed by atoms with Crippen LogP contribution in [0.15, 0.2) is 9.85 Å². The largest absolute Gasteiger partial charge is 0.316 e. The van der Waals surface area contributed by atoms with Crippen molar-refractivity contribution in [2.45, 2.75) is 18.8 Å². The summed E-state index contributed by atoms with van der Waals surface area (Å²) >= 11 is 5.50. The van der Waals surface area contributed by atoms with E-state index in [0.717, 1.165) is 11.8 Å². The zero-order valence-electron chi connectivity index (χ0n) is 7.35. The van der Waals surface area contributed by atoms with E-state index in [1.165, 1.54) is 29.7 Å². The van der Waals surface area contributed by atoms with Crippen molar-refractivity contribution in [3.63, 3.8) is 0 Å². The molecule has 3 rings (SSSR count). The normalized spacial score (nSPS) is 31.5. The predicted octanol–water partition coefficient (Wildman–Crippen LogP) is 2.76. The Morgan fingerprint density at radius 3 is 3.38 bits per heavy atom. The molecule has 2 heterocycles. The molecule has 0 aromatic carbocycles. The van der Waals surface area contributed by atoms with Gasteiger partial charge in [0.1, 0.15) is 0 Å². The van der Waals surface area contributed by atoms with Crippen molar-refractivity contribution in [2.24, 2.45) is 5.92 Å². The van der Waals surface area contributed by atoms with Gasteiger partial charge >= 0.3 is 0 Å². The van der Waals surface area contributed by atoms with E-state index in [0.29, 0.717) is 0 Å². The Kier molecular flexibility index (Phi) is 2.00. The molecule has 0 bridgehead atoms. The number of fused-ring (bicyclic) bond motifs is 3. The number of hydrogen-bond acceptors (Lipinski definition) is 2. The smallest absolute Gasteiger partial charge is 0.0704 e. The molecular formula is C10H12BrNS. The fourth-order valence-corrected chi connectivity index (χ4v) is 4.52. The highest BCUT2D eigenvalue weighted by atomic mass is 79.9. The molecule has 1 N–H and O–H groups in total. The highest BCUT2D eigenvalue weighted by molar-refractivity contribution is 9.11. The van der Waals surface area contributed by atoms with Gasteiger partial charge in [-0.2, -0.15) is 0 Å². The molecule has 1 aromatic rings. The van der Waals surface area contributed by atoms with Gasteiger partial charge in [0.25, 0.3) is 0 Å². The van der Waals surface area contributed by atoms with Crippen LogP contribution in [0, 0.1) is 5.92 Å². The molecule has 1 saturated heterocycles. The van der Waals surface area contributed by atoms with E-state index in [1.54, 1.807) is 10.4 Å². The van der Waals surface area contributed by atoms with Gasteiger partial charge in [0.05, 0.1) is 3.79 Å². The van der Waals surface area contributed by atoms with Crippen molar-refractivity contribution in [2.75, 3.05) is 13.1 Å². The number of halogens is 1. The van der Waals surface area contributed by atoms with E-state index in [1.807, 2.05) is 11.3 Å². The van der Waals surface area contributed by atoms with Gasteiger partial charge in [-0.15, -0.1) is 11.3 Å². The zero-order valence-corrected chi connectivity index (χ0v) is 9.75. The van der Waals surface area contributed by atoms with Gasteiger partial charge in [0.15, 0.2) is 0 Å². The summed E-state index contributed by atoms with van der Waals surface area (Å²) in [5.41, 5.74) is 1.62. The SMILES string of the molecule is Brc1cc2c(s1)CC1CCNCC21. The van der Waals surface area contributed by atoms with Gasteiger partial charge < -0.3 is 5.32 Å². The van der Waals surface area contributed by atoms with Crippen molar-refractivity contribution in [1.29, 1.82) is 0 Å². The van der Waals surface area contributed by atoms with Crippen LogP contribution in [0.25, 0.3) is 0 Å². The molecule has 1 aliphatic heterocycles. The number of rotatable bonds is 0. The summed E-state index contributed by atoms with van der Waals surface area (Å²) in [7, 11) is 0.